The summed E-state index contributed by atoms with van der Waals surface area (Å²) in [6.07, 6.45) is 0.344. The predicted molar refractivity (Wildman–Crippen MR) is 77.8 cm³/mol. The van der Waals surface area contributed by atoms with E-state index in [1.807, 2.05) is 4.89 Å². The van der Waals surface area contributed by atoms with E-state index in [9.17, 15) is 13.2 Å². The highest BCUT2D eigenvalue weighted by Gasteiger charge is 2.26. The van der Waals surface area contributed by atoms with Gasteiger partial charge in [-0.25, -0.2) is 18.2 Å². The number of pyridine rings is 1. The molecule has 8 nitrogen and oxygen atoms in total. The number of carboxylic acid groups (broad SMARTS) is 1. The molecule has 1 rings (SSSR count). The zero-order valence-corrected chi connectivity index (χ0v) is 13.7. The van der Waals surface area contributed by atoms with Crippen molar-refractivity contribution in [3.05, 3.63) is 17.8 Å². The number of ether oxygens (including phenoxy) is 1. The number of nitrogens with zero attached hydrogens (tertiary/aromatic N) is 1. The van der Waals surface area contributed by atoms with Crippen LogP contribution in [0.4, 0.5) is 0 Å². The second-order valence-corrected chi connectivity index (χ2v) is 6.79. The molecule has 1 unspecified atom stereocenters. The number of nitrogens with one attached hydrogen (secondary N) is 1. The summed E-state index contributed by atoms with van der Waals surface area (Å²) in [7, 11) is -2.82. The van der Waals surface area contributed by atoms with Crippen molar-refractivity contribution in [3.8, 4) is 5.88 Å². The van der Waals surface area contributed by atoms with Gasteiger partial charge in [0.2, 0.25) is 5.88 Å². The molecule has 0 amide bonds. The first-order valence-electron chi connectivity index (χ1n) is 6.58. The molecule has 1 atom stereocenters. The van der Waals surface area contributed by atoms with Gasteiger partial charge in [-0.3, -0.25) is 4.84 Å². The summed E-state index contributed by atoms with van der Waals surface area (Å²) in [5, 5.41) is 9.04. The first-order valence-corrected chi connectivity index (χ1v) is 8.06. The molecule has 0 saturated carbocycles. The minimum Gasteiger partial charge on any atom is -0.480 e. The van der Waals surface area contributed by atoms with Gasteiger partial charge >= 0.3 is 5.97 Å². The van der Waals surface area contributed by atoms with Crippen molar-refractivity contribution in [1.82, 2.24) is 9.87 Å². The van der Waals surface area contributed by atoms with Crippen molar-refractivity contribution in [2.75, 3.05) is 7.11 Å². The molecule has 0 radical (unpaired) electrons. The highest BCUT2D eigenvalue weighted by atomic mass is 32.2. The Hall–Kier alpha value is -1.71. The lowest BCUT2D eigenvalue weighted by Crippen LogP contribution is -2.35. The second-order valence-electron chi connectivity index (χ2n) is 5.18. The molecule has 0 bridgehead atoms. The standard InChI is InChI=1S/C13H20N2O6S/c1-8(2)5-10(13(16)17)21-15-22(18,19)11-6-9(3)7-14-12(11)20-4/h6-8,10,15H,5H2,1-4H3,(H,16,17). The molecular weight excluding hydrogens is 312 g/mol. The van der Waals surface area contributed by atoms with Crippen LogP contribution in [0.5, 0.6) is 5.88 Å². The highest BCUT2D eigenvalue weighted by Crippen LogP contribution is 2.22. The molecule has 0 aliphatic rings. The van der Waals surface area contributed by atoms with Crippen LogP contribution in [-0.4, -0.2) is 37.7 Å². The summed E-state index contributed by atoms with van der Waals surface area (Å²) < 4.78 is 29.4. The summed E-state index contributed by atoms with van der Waals surface area (Å²) in [6.45, 7) is 5.29. The topological polar surface area (TPSA) is 115 Å². The van der Waals surface area contributed by atoms with E-state index in [0.29, 0.717) is 5.56 Å². The van der Waals surface area contributed by atoms with Crippen LogP contribution in [0.15, 0.2) is 17.2 Å². The smallest absolute Gasteiger partial charge is 0.335 e. The molecule has 0 aliphatic carbocycles. The molecule has 124 valence electrons. The van der Waals surface area contributed by atoms with Crippen LogP contribution in [0.2, 0.25) is 0 Å². The largest absolute Gasteiger partial charge is 0.480 e. The number of aliphatic carboxylic acids is 1. The average Bonchev–Trinajstić information content (AvgIpc) is 2.42. The number of carboxylic acids is 1. The molecule has 2 N–H and O–H groups in total. The van der Waals surface area contributed by atoms with Gasteiger partial charge in [0.15, 0.2) is 6.10 Å². The maximum Gasteiger partial charge on any atom is 0.335 e. The van der Waals surface area contributed by atoms with Gasteiger partial charge in [0.25, 0.3) is 10.0 Å². The molecule has 0 saturated heterocycles. The van der Waals surface area contributed by atoms with Crippen molar-refractivity contribution in [3.63, 3.8) is 0 Å². The summed E-state index contributed by atoms with van der Waals surface area (Å²) in [6, 6.07) is 1.36. The van der Waals surface area contributed by atoms with E-state index in [4.69, 9.17) is 14.7 Å². The third-order valence-corrected chi connectivity index (χ3v) is 3.89. The molecule has 0 spiro atoms. The Morgan fingerprint density at radius 2 is 2.09 bits per heavy atom. The molecule has 1 aromatic heterocycles. The first kappa shape index (κ1) is 18.3. The minimum absolute atomic E-state index is 0.0285. The van der Waals surface area contributed by atoms with Gasteiger partial charge in [0, 0.05) is 6.20 Å². The molecular formula is C13H20N2O6S. The van der Waals surface area contributed by atoms with Crippen molar-refractivity contribution < 1.29 is 27.9 Å². The maximum atomic E-state index is 12.2. The van der Waals surface area contributed by atoms with Gasteiger partial charge in [0.1, 0.15) is 4.90 Å². The van der Waals surface area contributed by atoms with E-state index in [-0.39, 0.29) is 23.1 Å². The molecule has 1 heterocycles. The summed E-state index contributed by atoms with van der Waals surface area (Å²) >= 11 is 0. The van der Waals surface area contributed by atoms with Gasteiger partial charge in [-0.1, -0.05) is 18.7 Å². The number of rotatable bonds is 8. The van der Waals surface area contributed by atoms with Crippen molar-refractivity contribution >= 4 is 16.0 Å². The normalized spacial score (nSPS) is 13.1. The van der Waals surface area contributed by atoms with E-state index in [0.717, 1.165) is 0 Å². The van der Waals surface area contributed by atoms with Crippen LogP contribution in [0.3, 0.4) is 0 Å². The number of aryl methyl sites for hydroxylation is 1. The fourth-order valence-corrected chi connectivity index (χ4v) is 2.71. The van der Waals surface area contributed by atoms with Crippen LogP contribution < -0.4 is 9.62 Å². The number of hydrogen-bond donors (Lipinski definition) is 2. The predicted octanol–water partition coefficient (Wildman–Crippen LogP) is 1.11. The number of methoxy groups -OCH3 is 1. The summed E-state index contributed by atoms with van der Waals surface area (Å²) in [5.41, 5.74) is 0.609. The Kier molecular flexibility index (Phi) is 6.27. The molecule has 0 fully saturated rings. The van der Waals surface area contributed by atoms with E-state index < -0.39 is 22.1 Å². The first-order chi connectivity index (χ1) is 10.2. The van der Waals surface area contributed by atoms with Crippen LogP contribution in [-0.2, 0) is 19.7 Å². The number of carbonyl (C=O) groups is 1. The van der Waals surface area contributed by atoms with Gasteiger partial charge in [0.05, 0.1) is 7.11 Å². The lowest BCUT2D eigenvalue weighted by Gasteiger charge is -2.16. The Labute approximate surface area is 129 Å². The third-order valence-electron chi connectivity index (χ3n) is 2.70. The minimum atomic E-state index is -4.11. The van der Waals surface area contributed by atoms with Gasteiger partial charge in [-0.2, -0.15) is 0 Å². The van der Waals surface area contributed by atoms with Crippen LogP contribution in [0, 0.1) is 12.8 Å². The average molecular weight is 332 g/mol. The molecule has 1 aromatic rings. The lowest BCUT2D eigenvalue weighted by molar-refractivity contribution is -0.153. The Balaban J connectivity index is 2.96. The van der Waals surface area contributed by atoms with Gasteiger partial charge in [-0.15, -0.1) is 0 Å². The van der Waals surface area contributed by atoms with Gasteiger partial charge < -0.3 is 9.84 Å². The third kappa shape index (κ3) is 4.93. The second kappa shape index (κ2) is 7.52. The molecule has 0 aliphatic heterocycles. The summed E-state index contributed by atoms with van der Waals surface area (Å²) in [5.74, 6) is -1.32. The number of hydrogen-bond acceptors (Lipinski definition) is 6. The Morgan fingerprint density at radius 1 is 1.45 bits per heavy atom. The van der Waals surface area contributed by atoms with E-state index in [2.05, 4.69) is 4.98 Å². The lowest BCUT2D eigenvalue weighted by atomic mass is 10.1. The van der Waals surface area contributed by atoms with E-state index in [1.54, 1.807) is 20.8 Å². The van der Waals surface area contributed by atoms with Crippen LogP contribution >= 0.6 is 0 Å². The van der Waals surface area contributed by atoms with Crippen LogP contribution in [0.1, 0.15) is 25.8 Å². The molecule has 0 aromatic carbocycles. The number of aromatic nitrogens is 1. The van der Waals surface area contributed by atoms with E-state index in [1.165, 1.54) is 19.4 Å². The quantitative estimate of drug-likeness (QED) is 0.685. The molecule has 22 heavy (non-hydrogen) atoms. The SMILES string of the molecule is COc1ncc(C)cc1S(=O)(=O)NOC(CC(C)C)C(=O)O. The monoisotopic (exact) mass is 332 g/mol. The fourth-order valence-electron chi connectivity index (χ4n) is 1.67. The zero-order valence-electron chi connectivity index (χ0n) is 12.9. The zero-order chi connectivity index (χ0) is 16.9. The van der Waals surface area contributed by atoms with Crippen LogP contribution in [0.25, 0.3) is 0 Å². The Bertz CT molecular complexity index is 629. The van der Waals surface area contributed by atoms with E-state index >= 15 is 0 Å². The number of sulfonamides is 1. The van der Waals surface area contributed by atoms with Crippen molar-refractivity contribution in [2.45, 2.75) is 38.2 Å². The highest BCUT2D eigenvalue weighted by molar-refractivity contribution is 7.89. The van der Waals surface area contributed by atoms with Crippen molar-refractivity contribution in [2.24, 2.45) is 5.92 Å². The molecule has 9 heteroatoms. The maximum absolute atomic E-state index is 12.2. The Morgan fingerprint density at radius 3 is 2.59 bits per heavy atom. The van der Waals surface area contributed by atoms with Gasteiger partial charge in [-0.05, 0) is 30.9 Å². The fraction of sp³-hybridized carbons (Fsp3) is 0.538. The van der Waals surface area contributed by atoms with Crippen molar-refractivity contribution in [1.29, 1.82) is 0 Å². The summed E-state index contributed by atoms with van der Waals surface area (Å²) in [4.78, 5) is 21.4.